The van der Waals surface area contributed by atoms with Gasteiger partial charge in [-0.15, -0.1) is 0 Å². The zero-order valence-electron chi connectivity index (χ0n) is 16.4. The fourth-order valence-electron chi connectivity index (χ4n) is 3.36. The molecule has 0 aliphatic carbocycles. The Hall–Kier alpha value is -3.58. The number of para-hydroxylation sites is 2. The number of aromatic amines is 1. The lowest BCUT2D eigenvalue weighted by atomic mass is 10.2. The van der Waals surface area contributed by atoms with Crippen LogP contribution in [0.25, 0.3) is 10.9 Å². The summed E-state index contributed by atoms with van der Waals surface area (Å²) in [5.41, 5.74) is 2.52. The summed E-state index contributed by atoms with van der Waals surface area (Å²) in [6.07, 6.45) is 1.70. The minimum absolute atomic E-state index is 0.130. The lowest BCUT2D eigenvalue weighted by Crippen LogP contribution is -2.30. The van der Waals surface area contributed by atoms with Gasteiger partial charge in [-0.25, -0.2) is 8.42 Å². The second-order valence-corrected chi connectivity index (χ2v) is 8.60. The lowest BCUT2D eigenvalue weighted by molar-refractivity contribution is 0.102. The van der Waals surface area contributed by atoms with Crippen LogP contribution in [0, 0.1) is 0 Å². The summed E-state index contributed by atoms with van der Waals surface area (Å²) in [7, 11) is -3.79. The monoisotopic (exact) mass is 419 g/mol. The molecular formula is C23H21N3O3S. The van der Waals surface area contributed by atoms with E-state index in [0.29, 0.717) is 16.9 Å². The Morgan fingerprint density at radius 1 is 0.933 bits per heavy atom. The van der Waals surface area contributed by atoms with Gasteiger partial charge in [0, 0.05) is 34.9 Å². The number of aromatic nitrogens is 1. The highest BCUT2D eigenvalue weighted by atomic mass is 32.2. The van der Waals surface area contributed by atoms with Crippen molar-refractivity contribution in [2.45, 2.75) is 11.8 Å². The molecule has 2 N–H and O–H groups in total. The quantitative estimate of drug-likeness (QED) is 0.478. The molecule has 0 aliphatic heterocycles. The molecule has 7 heteroatoms. The van der Waals surface area contributed by atoms with Gasteiger partial charge in [-0.05, 0) is 49.4 Å². The van der Waals surface area contributed by atoms with E-state index in [-0.39, 0.29) is 17.3 Å². The molecule has 0 spiro atoms. The third-order valence-corrected chi connectivity index (χ3v) is 6.76. The zero-order valence-corrected chi connectivity index (χ0v) is 17.2. The number of nitrogens with zero attached hydrogens (tertiary/aromatic N) is 1. The third kappa shape index (κ3) is 3.67. The molecule has 6 nitrogen and oxygen atoms in total. The molecular weight excluding hydrogens is 398 g/mol. The summed E-state index contributed by atoms with van der Waals surface area (Å²) in [6, 6.07) is 22.6. The van der Waals surface area contributed by atoms with Gasteiger partial charge in [0.1, 0.15) is 0 Å². The predicted molar refractivity (Wildman–Crippen MR) is 119 cm³/mol. The largest absolute Gasteiger partial charge is 0.359 e. The van der Waals surface area contributed by atoms with Crippen LogP contribution < -0.4 is 9.62 Å². The maximum Gasteiger partial charge on any atom is 0.264 e. The molecule has 0 saturated heterocycles. The van der Waals surface area contributed by atoms with E-state index in [1.54, 1.807) is 25.3 Å². The van der Waals surface area contributed by atoms with Crippen molar-refractivity contribution in [3.05, 3.63) is 90.6 Å². The second kappa shape index (κ2) is 8.04. The van der Waals surface area contributed by atoms with E-state index in [1.807, 2.05) is 42.5 Å². The Kier molecular flexibility index (Phi) is 5.29. The lowest BCUT2D eigenvalue weighted by Gasteiger charge is -2.22. The van der Waals surface area contributed by atoms with E-state index in [9.17, 15) is 13.2 Å². The number of sulfonamides is 1. The van der Waals surface area contributed by atoms with Gasteiger partial charge in [-0.2, -0.15) is 0 Å². The molecule has 0 saturated carbocycles. The molecule has 152 valence electrons. The van der Waals surface area contributed by atoms with Crippen LogP contribution in [0.5, 0.6) is 0 Å². The summed E-state index contributed by atoms with van der Waals surface area (Å²) >= 11 is 0. The number of fused-ring (bicyclic) bond motifs is 1. The summed E-state index contributed by atoms with van der Waals surface area (Å²) in [6.45, 7) is 2.07. The standard InChI is InChI=1S/C23H21N3O3S/c1-2-26(22-16-24-21-11-7-6-10-20(21)22)30(28,29)19-14-12-17(13-15-19)23(27)25-18-8-4-3-5-9-18/h3-16,24H,2H2,1H3,(H,25,27). The maximum absolute atomic E-state index is 13.3. The molecule has 1 aromatic heterocycles. The number of rotatable bonds is 6. The Balaban J connectivity index is 1.61. The van der Waals surface area contributed by atoms with E-state index >= 15 is 0 Å². The fourth-order valence-corrected chi connectivity index (χ4v) is 4.85. The van der Waals surface area contributed by atoms with Gasteiger partial charge in [0.25, 0.3) is 15.9 Å². The molecule has 1 amide bonds. The first-order valence-electron chi connectivity index (χ1n) is 9.56. The van der Waals surface area contributed by atoms with Crippen LogP contribution in [0.1, 0.15) is 17.3 Å². The number of H-pyrrole nitrogens is 1. The normalized spacial score (nSPS) is 11.4. The minimum atomic E-state index is -3.79. The van der Waals surface area contributed by atoms with Gasteiger partial charge >= 0.3 is 0 Å². The first-order valence-corrected chi connectivity index (χ1v) is 11.0. The Morgan fingerprint density at radius 2 is 1.60 bits per heavy atom. The maximum atomic E-state index is 13.3. The van der Waals surface area contributed by atoms with Crippen molar-refractivity contribution >= 4 is 38.2 Å². The first-order chi connectivity index (χ1) is 14.5. The van der Waals surface area contributed by atoms with Crippen molar-refractivity contribution in [1.82, 2.24) is 4.98 Å². The summed E-state index contributed by atoms with van der Waals surface area (Å²) in [4.78, 5) is 15.7. The molecule has 0 unspecified atom stereocenters. The Bertz CT molecular complexity index is 1280. The summed E-state index contributed by atoms with van der Waals surface area (Å²) in [5, 5.41) is 3.62. The number of carbonyl (C=O) groups is 1. The average molecular weight is 420 g/mol. The SMILES string of the molecule is CCN(c1c[nH]c2ccccc12)S(=O)(=O)c1ccc(C(=O)Nc2ccccc2)cc1. The van der Waals surface area contributed by atoms with Crippen molar-refractivity contribution in [1.29, 1.82) is 0 Å². The molecule has 4 rings (SSSR count). The van der Waals surface area contributed by atoms with Gasteiger partial charge in [-0.1, -0.05) is 36.4 Å². The van der Waals surface area contributed by atoms with E-state index in [1.165, 1.54) is 28.6 Å². The topological polar surface area (TPSA) is 82.3 Å². The second-order valence-electron chi connectivity index (χ2n) is 6.73. The molecule has 0 fully saturated rings. The molecule has 0 radical (unpaired) electrons. The molecule has 3 aromatic carbocycles. The van der Waals surface area contributed by atoms with Crippen LogP contribution in [0.3, 0.4) is 0 Å². The number of anilines is 2. The number of nitrogens with one attached hydrogen (secondary N) is 2. The summed E-state index contributed by atoms with van der Waals surface area (Å²) < 4.78 is 27.9. The molecule has 0 atom stereocenters. The summed E-state index contributed by atoms with van der Waals surface area (Å²) in [5.74, 6) is -0.297. The molecule has 30 heavy (non-hydrogen) atoms. The van der Waals surface area contributed by atoms with Crippen LogP contribution in [-0.2, 0) is 10.0 Å². The number of benzene rings is 3. The highest BCUT2D eigenvalue weighted by molar-refractivity contribution is 7.92. The Morgan fingerprint density at radius 3 is 2.30 bits per heavy atom. The van der Waals surface area contributed by atoms with E-state index < -0.39 is 10.0 Å². The number of hydrogen-bond acceptors (Lipinski definition) is 3. The van der Waals surface area contributed by atoms with Crippen molar-refractivity contribution in [3.8, 4) is 0 Å². The van der Waals surface area contributed by atoms with Crippen LogP contribution in [0.4, 0.5) is 11.4 Å². The van der Waals surface area contributed by atoms with Crippen molar-refractivity contribution in [2.24, 2.45) is 0 Å². The van der Waals surface area contributed by atoms with E-state index in [4.69, 9.17) is 0 Å². The van der Waals surface area contributed by atoms with E-state index in [0.717, 1.165) is 10.9 Å². The van der Waals surface area contributed by atoms with Crippen LogP contribution >= 0.6 is 0 Å². The molecule has 1 heterocycles. The van der Waals surface area contributed by atoms with Gasteiger partial charge in [0.05, 0.1) is 10.6 Å². The predicted octanol–water partition coefficient (Wildman–Crippen LogP) is 4.64. The van der Waals surface area contributed by atoms with Gasteiger partial charge in [-0.3, -0.25) is 9.10 Å². The number of hydrogen-bond donors (Lipinski definition) is 2. The molecule has 4 aromatic rings. The molecule has 0 aliphatic rings. The highest BCUT2D eigenvalue weighted by Gasteiger charge is 2.26. The molecule has 0 bridgehead atoms. The highest BCUT2D eigenvalue weighted by Crippen LogP contribution is 2.31. The zero-order chi connectivity index (χ0) is 21.1. The van der Waals surface area contributed by atoms with Gasteiger partial charge in [0.15, 0.2) is 0 Å². The van der Waals surface area contributed by atoms with Crippen LogP contribution in [0.2, 0.25) is 0 Å². The van der Waals surface area contributed by atoms with E-state index in [2.05, 4.69) is 10.3 Å². The Labute approximate surface area is 175 Å². The number of carbonyl (C=O) groups excluding carboxylic acids is 1. The van der Waals surface area contributed by atoms with Crippen LogP contribution in [-0.4, -0.2) is 25.9 Å². The average Bonchev–Trinajstić information content (AvgIpc) is 3.19. The van der Waals surface area contributed by atoms with Crippen molar-refractivity contribution in [2.75, 3.05) is 16.2 Å². The number of amides is 1. The minimum Gasteiger partial charge on any atom is -0.359 e. The third-order valence-electron chi connectivity index (χ3n) is 4.86. The van der Waals surface area contributed by atoms with Gasteiger partial charge < -0.3 is 10.3 Å². The fraction of sp³-hybridized carbons (Fsp3) is 0.0870. The van der Waals surface area contributed by atoms with Crippen LogP contribution in [0.15, 0.2) is 90.0 Å². The van der Waals surface area contributed by atoms with Crippen molar-refractivity contribution < 1.29 is 13.2 Å². The van der Waals surface area contributed by atoms with Crippen molar-refractivity contribution in [3.63, 3.8) is 0 Å². The van der Waals surface area contributed by atoms with Gasteiger partial charge in [0.2, 0.25) is 0 Å². The smallest absolute Gasteiger partial charge is 0.264 e. The first kappa shape index (κ1) is 19.7.